The van der Waals surface area contributed by atoms with Crippen molar-refractivity contribution in [2.24, 2.45) is 0 Å². The summed E-state index contributed by atoms with van der Waals surface area (Å²) in [6.45, 7) is 2.12. The van der Waals surface area contributed by atoms with Gasteiger partial charge < -0.3 is 24.8 Å². The maximum atomic E-state index is 13.6. The van der Waals surface area contributed by atoms with Gasteiger partial charge in [0.05, 0.1) is 5.69 Å². The number of likely N-dealkylation sites (N-methyl/N-ethyl adjacent to an activating group) is 1. The topological polar surface area (TPSA) is 106 Å². The lowest BCUT2D eigenvalue weighted by Gasteiger charge is -2.25. The predicted molar refractivity (Wildman–Crippen MR) is 138 cm³/mol. The number of carbonyl (C=O) groups excluding carboxylic acids is 2. The van der Waals surface area contributed by atoms with Gasteiger partial charge in [-0.3, -0.25) is 14.3 Å². The van der Waals surface area contributed by atoms with Gasteiger partial charge in [0.1, 0.15) is 12.6 Å². The number of aliphatic hydroxyl groups is 1. The summed E-state index contributed by atoms with van der Waals surface area (Å²) in [5.41, 5.74) is 4.48. The number of aliphatic hydroxyl groups excluding tert-OH is 1. The van der Waals surface area contributed by atoms with E-state index in [0.29, 0.717) is 35.9 Å². The molecule has 0 bridgehead atoms. The third kappa shape index (κ3) is 5.46. The van der Waals surface area contributed by atoms with Gasteiger partial charge in [0.15, 0.2) is 11.5 Å². The Balaban J connectivity index is 1.34. The zero-order chi connectivity index (χ0) is 25.9. The van der Waals surface area contributed by atoms with Crippen LogP contribution in [0.15, 0.2) is 48.5 Å². The first-order valence-corrected chi connectivity index (χ1v) is 12.6. The number of hydrogen-bond acceptors (Lipinski definition) is 6. The van der Waals surface area contributed by atoms with Gasteiger partial charge in [-0.05, 0) is 49.4 Å². The molecule has 37 heavy (non-hydrogen) atoms. The van der Waals surface area contributed by atoms with E-state index >= 15 is 0 Å². The average molecular weight is 505 g/mol. The number of fused-ring (bicyclic) bond motifs is 1. The normalized spacial score (nSPS) is 14.9. The lowest BCUT2D eigenvalue weighted by atomic mass is 10.0. The minimum atomic E-state index is -0.777. The molecule has 2 aromatic carbocycles. The highest BCUT2D eigenvalue weighted by Gasteiger charge is 2.31. The van der Waals surface area contributed by atoms with Crippen LogP contribution in [0.3, 0.4) is 0 Å². The van der Waals surface area contributed by atoms with Gasteiger partial charge in [-0.2, -0.15) is 5.10 Å². The molecule has 1 fully saturated rings. The number of nitrogens with one attached hydrogen (secondary N) is 1. The maximum absolute atomic E-state index is 13.6. The second-order valence-corrected chi connectivity index (χ2v) is 9.60. The molecule has 0 radical (unpaired) electrons. The second kappa shape index (κ2) is 10.6. The first kappa shape index (κ1) is 24.8. The summed E-state index contributed by atoms with van der Waals surface area (Å²) in [5.74, 6) is 1.09. The molecule has 2 amide bonds. The van der Waals surface area contributed by atoms with Gasteiger partial charge in [-0.1, -0.05) is 30.3 Å². The molecule has 2 N–H and O–H groups in total. The van der Waals surface area contributed by atoms with Crippen LogP contribution in [0.4, 0.5) is 5.69 Å². The van der Waals surface area contributed by atoms with E-state index in [0.717, 1.165) is 35.4 Å². The van der Waals surface area contributed by atoms with Crippen LogP contribution in [0.1, 0.15) is 41.3 Å². The highest BCUT2D eigenvalue weighted by molar-refractivity contribution is 5.99. The number of amides is 2. The molecule has 3 aromatic rings. The van der Waals surface area contributed by atoms with E-state index in [4.69, 9.17) is 14.6 Å². The Morgan fingerprint density at radius 3 is 2.65 bits per heavy atom. The van der Waals surface area contributed by atoms with Crippen molar-refractivity contribution in [3.05, 3.63) is 71.0 Å². The van der Waals surface area contributed by atoms with E-state index in [-0.39, 0.29) is 31.8 Å². The number of rotatable bonds is 10. The monoisotopic (exact) mass is 504 g/mol. The van der Waals surface area contributed by atoms with Crippen molar-refractivity contribution in [2.45, 2.75) is 51.1 Å². The summed E-state index contributed by atoms with van der Waals surface area (Å²) in [4.78, 5) is 28.4. The fourth-order valence-electron chi connectivity index (χ4n) is 4.75. The average Bonchev–Trinajstić information content (AvgIpc) is 3.57. The fourth-order valence-corrected chi connectivity index (χ4v) is 4.75. The molecule has 1 aliphatic heterocycles. The molecule has 0 saturated heterocycles. The fraction of sp³-hybridized carbons (Fsp3) is 0.393. The minimum absolute atomic E-state index is 0.00326. The van der Waals surface area contributed by atoms with Crippen LogP contribution in [0.5, 0.6) is 11.5 Å². The Kier molecular flexibility index (Phi) is 7.14. The zero-order valence-electron chi connectivity index (χ0n) is 21.1. The summed E-state index contributed by atoms with van der Waals surface area (Å²) >= 11 is 0. The Morgan fingerprint density at radius 1 is 1.16 bits per heavy atom. The van der Waals surface area contributed by atoms with Crippen LogP contribution in [0.25, 0.3) is 0 Å². The molecule has 1 aliphatic carbocycles. The lowest BCUT2D eigenvalue weighted by Crippen LogP contribution is -2.49. The summed E-state index contributed by atoms with van der Waals surface area (Å²) < 4.78 is 12.5. The molecular formula is C28H32N4O5. The predicted octanol–water partition coefficient (Wildman–Crippen LogP) is 2.72. The standard InChI is InChI=1S/C28H32N4O5/c1-18-22(12-13-33)27(20-8-9-20)30-32(18)16-26(34)29-23(14-19-6-4-3-5-7-19)28(35)31(2)21-10-11-24-25(15-21)37-17-36-24/h3-7,10-11,15,20,23,33H,8-9,12-14,16-17H2,1-2H3,(H,29,34)/t23-/m0/s1. The number of carbonyl (C=O) groups is 2. The van der Waals surface area contributed by atoms with Gasteiger partial charge in [0.2, 0.25) is 18.6 Å². The number of anilines is 1. The van der Waals surface area contributed by atoms with Crippen LogP contribution in [0.2, 0.25) is 0 Å². The van der Waals surface area contributed by atoms with Crippen LogP contribution in [-0.2, 0) is 29.0 Å². The highest BCUT2D eigenvalue weighted by atomic mass is 16.7. The Bertz CT molecular complexity index is 1290. The van der Waals surface area contributed by atoms with E-state index in [1.807, 2.05) is 37.3 Å². The number of benzene rings is 2. The summed E-state index contributed by atoms with van der Waals surface area (Å²) in [5, 5.41) is 17.2. The Morgan fingerprint density at radius 2 is 1.92 bits per heavy atom. The number of nitrogens with zero attached hydrogens (tertiary/aromatic N) is 3. The zero-order valence-corrected chi connectivity index (χ0v) is 21.1. The van der Waals surface area contributed by atoms with Gasteiger partial charge >= 0.3 is 0 Å². The van der Waals surface area contributed by atoms with Crippen molar-refractivity contribution in [1.29, 1.82) is 0 Å². The molecule has 5 rings (SSSR count). The van der Waals surface area contributed by atoms with E-state index in [1.54, 1.807) is 29.9 Å². The van der Waals surface area contributed by atoms with E-state index in [9.17, 15) is 14.7 Å². The second-order valence-electron chi connectivity index (χ2n) is 9.60. The Labute approximate surface area is 216 Å². The highest BCUT2D eigenvalue weighted by Crippen LogP contribution is 2.41. The van der Waals surface area contributed by atoms with Gasteiger partial charge in [0.25, 0.3) is 0 Å². The molecule has 1 aromatic heterocycles. The quantitative estimate of drug-likeness (QED) is 0.440. The van der Waals surface area contributed by atoms with Crippen molar-refractivity contribution in [3.63, 3.8) is 0 Å². The largest absolute Gasteiger partial charge is 0.454 e. The molecule has 2 aliphatic rings. The Hall–Kier alpha value is -3.85. The van der Waals surface area contributed by atoms with Crippen LogP contribution >= 0.6 is 0 Å². The van der Waals surface area contributed by atoms with Crippen LogP contribution < -0.4 is 19.7 Å². The van der Waals surface area contributed by atoms with Crippen LogP contribution in [0, 0.1) is 6.92 Å². The first-order valence-electron chi connectivity index (χ1n) is 12.6. The molecule has 0 unspecified atom stereocenters. The van der Waals surface area contributed by atoms with Crippen LogP contribution in [-0.4, -0.2) is 53.2 Å². The number of aromatic nitrogens is 2. The summed E-state index contributed by atoms with van der Waals surface area (Å²) in [6, 6.07) is 14.2. The summed E-state index contributed by atoms with van der Waals surface area (Å²) in [6.07, 6.45) is 3.04. The third-order valence-electron chi connectivity index (χ3n) is 6.97. The smallest absolute Gasteiger partial charge is 0.249 e. The van der Waals surface area contributed by atoms with Gasteiger partial charge in [-0.25, -0.2) is 0 Å². The number of hydrogen-bond donors (Lipinski definition) is 2. The summed E-state index contributed by atoms with van der Waals surface area (Å²) in [7, 11) is 1.69. The molecule has 1 atom stereocenters. The molecule has 1 saturated carbocycles. The van der Waals surface area contributed by atoms with E-state index in [2.05, 4.69) is 5.32 Å². The molecule has 9 heteroatoms. The SMILES string of the molecule is Cc1c(CCO)c(C2CC2)nn1CC(=O)N[C@@H](Cc1ccccc1)C(=O)N(C)c1ccc2c(c1)OCO2. The molecule has 2 heterocycles. The van der Waals surface area contributed by atoms with Crippen molar-refractivity contribution >= 4 is 17.5 Å². The van der Waals surface area contributed by atoms with Crippen molar-refractivity contribution in [1.82, 2.24) is 15.1 Å². The van der Waals surface area contributed by atoms with Crippen molar-refractivity contribution in [3.8, 4) is 11.5 Å². The van der Waals surface area contributed by atoms with E-state index in [1.165, 1.54) is 4.90 Å². The lowest BCUT2D eigenvalue weighted by molar-refractivity contribution is -0.127. The van der Waals surface area contributed by atoms with Crippen molar-refractivity contribution < 1.29 is 24.2 Å². The molecular weight excluding hydrogens is 472 g/mol. The molecule has 0 spiro atoms. The third-order valence-corrected chi connectivity index (χ3v) is 6.97. The van der Waals surface area contributed by atoms with Crippen molar-refractivity contribution in [2.75, 3.05) is 25.3 Å². The molecule has 194 valence electrons. The van der Waals surface area contributed by atoms with E-state index < -0.39 is 6.04 Å². The maximum Gasteiger partial charge on any atom is 0.249 e. The molecule has 9 nitrogen and oxygen atoms in total. The minimum Gasteiger partial charge on any atom is -0.454 e. The van der Waals surface area contributed by atoms with Gasteiger partial charge in [0, 0.05) is 43.4 Å². The van der Waals surface area contributed by atoms with Gasteiger partial charge in [-0.15, -0.1) is 0 Å². The first-order chi connectivity index (χ1) is 17.9. The number of ether oxygens (including phenoxy) is 2.